The zero-order chi connectivity index (χ0) is 19.1. The van der Waals surface area contributed by atoms with Crippen LogP contribution in [0.5, 0.6) is 5.75 Å². The summed E-state index contributed by atoms with van der Waals surface area (Å²) in [6.45, 7) is 0.647. The van der Waals surface area contributed by atoms with Crippen molar-refractivity contribution in [3.05, 3.63) is 83.9 Å². The first-order valence-corrected chi connectivity index (χ1v) is 8.53. The van der Waals surface area contributed by atoms with Crippen molar-refractivity contribution in [1.29, 1.82) is 0 Å². The maximum absolute atomic E-state index is 12.9. The Balaban J connectivity index is 1.58. The lowest BCUT2D eigenvalue weighted by Gasteiger charge is -2.09. The average molecular weight is 365 g/mol. The molecule has 3 aromatic rings. The van der Waals surface area contributed by atoms with Crippen molar-refractivity contribution >= 4 is 17.3 Å². The Labute approximate surface area is 157 Å². The van der Waals surface area contributed by atoms with Crippen LogP contribution in [0, 0.1) is 5.82 Å². The zero-order valence-electron chi connectivity index (χ0n) is 14.9. The van der Waals surface area contributed by atoms with Gasteiger partial charge in [-0.2, -0.15) is 0 Å². The number of amides is 1. The van der Waals surface area contributed by atoms with Gasteiger partial charge in [0.15, 0.2) is 0 Å². The Kier molecular flexibility index (Phi) is 5.99. The molecule has 0 radical (unpaired) electrons. The molecule has 27 heavy (non-hydrogen) atoms. The summed E-state index contributed by atoms with van der Waals surface area (Å²) >= 11 is 0. The van der Waals surface area contributed by atoms with Crippen molar-refractivity contribution in [2.75, 3.05) is 24.3 Å². The number of anilines is 2. The number of carbonyl (C=O) groups is 1. The Bertz CT molecular complexity index is 913. The van der Waals surface area contributed by atoms with Gasteiger partial charge in [-0.1, -0.05) is 18.2 Å². The predicted octanol–water partition coefficient (Wildman–Crippen LogP) is 4.14. The maximum atomic E-state index is 12.9. The first-order valence-electron chi connectivity index (χ1n) is 8.53. The van der Waals surface area contributed by atoms with Gasteiger partial charge < -0.3 is 15.4 Å². The first kappa shape index (κ1) is 18.4. The van der Waals surface area contributed by atoms with Gasteiger partial charge in [-0.05, 0) is 42.3 Å². The van der Waals surface area contributed by atoms with Gasteiger partial charge in [0.2, 0.25) is 0 Å². The number of methoxy groups -OCH3 is 1. The number of ether oxygens (including phenoxy) is 1. The number of nitrogens with zero attached hydrogens (tertiary/aromatic N) is 1. The number of benzene rings is 2. The minimum absolute atomic E-state index is 0.245. The highest BCUT2D eigenvalue weighted by molar-refractivity contribution is 6.04. The van der Waals surface area contributed by atoms with Gasteiger partial charge in [0, 0.05) is 30.7 Å². The van der Waals surface area contributed by atoms with E-state index in [1.54, 1.807) is 49.7 Å². The van der Waals surface area contributed by atoms with E-state index in [0.29, 0.717) is 23.5 Å². The highest BCUT2D eigenvalue weighted by Crippen LogP contribution is 2.18. The highest BCUT2D eigenvalue weighted by Gasteiger charge is 2.08. The molecule has 0 spiro atoms. The van der Waals surface area contributed by atoms with Gasteiger partial charge in [-0.15, -0.1) is 0 Å². The molecule has 1 aromatic heterocycles. The Morgan fingerprint density at radius 1 is 1.07 bits per heavy atom. The normalized spacial score (nSPS) is 10.3. The topological polar surface area (TPSA) is 63.2 Å². The Morgan fingerprint density at radius 3 is 2.67 bits per heavy atom. The van der Waals surface area contributed by atoms with E-state index in [4.69, 9.17) is 4.74 Å². The molecule has 1 amide bonds. The number of halogens is 1. The van der Waals surface area contributed by atoms with E-state index >= 15 is 0 Å². The minimum atomic E-state index is -0.252. The smallest absolute Gasteiger partial charge is 0.257 e. The Hall–Kier alpha value is -3.41. The SMILES string of the molecule is COc1cccc(NC(=O)c2cncc(NCCc3ccc(F)cc3)c2)c1. The fourth-order valence-corrected chi connectivity index (χ4v) is 2.57. The van der Waals surface area contributed by atoms with Crippen molar-refractivity contribution in [3.63, 3.8) is 0 Å². The number of hydrogen-bond acceptors (Lipinski definition) is 4. The van der Waals surface area contributed by atoms with Gasteiger partial charge in [0.05, 0.1) is 18.4 Å². The molecule has 5 nitrogen and oxygen atoms in total. The monoisotopic (exact) mass is 365 g/mol. The van der Waals surface area contributed by atoms with E-state index in [2.05, 4.69) is 15.6 Å². The van der Waals surface area contributed by atoms with Crippen molar-refractivity contribution in [1.82, 2.24) is 4.98 Å². The number of pyridine rings is 1. The summed E-state index contributed by atoms with van der Waals surface area (Å²) in [5, 5.41) is 6.05. The summed E-state index contributed by atoms with van der Waals surface area (Å²) in [5.41, 5.74) is 2.87. The summed E-state index contributed by atoms with van der Waals surface area (Å²) in [6, 6.07) is 15.3. The standard InChI is InChI=1S/C21H20FN3O2/c1-27-20-4-2-3-18(12-20)25-21(26)16-11-19(14-23-13-16)24-10-9-15-5-7-17(22)8-6-15/h2-8,11-14,24H,9-10H2,1H3,(H,25,26). The molecule has 3 rings (SSSR count). The van der Waals surface area contributed by atoms with E-state index < -0.39 is 0 Å². The number of rotatable bonds is 7. The molecular formula is C21H20FN3O2. The third-order valence-corrected chi connectivity index (χ3v) is 3.98. The first-order chi connectivity index (χ1) is 13.1. The zero-order valence-corrected chi connectivity index (χ0v) is 14.9. The van der Waals surface area contributed by atoms with Crippen LogP contribution in [0.1, 0.15) is 15.9 Å². The molecule has 0 atom stereocenters. The quantitative estimate of drug-likeness (QED) is 0.661. The van der Waals surface area contributed by atoms with Gasteiger partial charge >= 0.3 is 0 Å². The van der Waals surface area contributed by atoms with E-state index in [1.807, 2.05) is 6.07 Å². The molecule has 0 aliphatic carbocycles. The van der Waals surface area contributed by atoms with Crippen molar-refractivity contribution in [2.24, 2.45) is 0 Å². The van der Waals surface area contributed by atoms with Crippen LogP contribution in [0.2, 0.25) is 0 Å². The number of nitrogens with one attached hydrogen (secondary N) is 2. The van der Waals surface area contributed by atoms with E-state index in [1.165, 1.54) is 18.3 Å². The van der Waals surface area contributed by atoms with Crippen LogP contribution in [0.3, 0.4) is 0 Å². The second-order valence-electron chi connectivity index (χ2n) is 5.95. The summed E-state index contributed by atoms with van der Waals surface area (Å²) in [5.74, 6) is 0.172. The lowest BCUT2D eigenvalue weighted by Crippen LogP contribution is -2.13. The molecule has 2 N–H and O–H groups in total. The molecule has 138 valence electrons. The molecule has 2 aromatic carbocycles. The van der Waals surface area contributed by atoms with Crippen LogP contribution in [0.15, 0.2) is 67.0 Å². The lowest BCUT2D eigenvalue weighted by atomic mass is 10.1. The molecular weight excluding hydrogens is 345 g/mol. The van der Waals surface area contributed by atoms with Gasteiger partial charge in [0.1, 0.15) is 11.6 Å². The summed E-state index contributed by atoms with van der Waals surface area (Å²) in [6.07, 6.45) is 3.91. The number of carbonyl (C=O) groups excluding carboxylic acids is 1. The summed E-state index contributed by atoms with van der Waals surface area (Å²) in [7, 11) is 1.58. The second kappa shape index (κ2) is 8.80. The average Bonchev–Trinajstić information content (AvgIpc) is 2.70. The highest BCUT2D eigenvalue weighted by atomic mass is 19.1. The molecule has 0 saturated heterocycles. The minimum Gasteiger partial charge on any atom is -0.497 e. The fraction of sp³-hybridized carbons (Fsp3) is 0.143. The molecule has 6 heteroatoms. The van der Waals surface area contributed by atoms with E-state index in [-0.39, 0.29) is 11.7 Å². The number of aromatic nitrogens is 1. The predicted molar refractivity (Wildman–Crippen MR) is 104 cm³/mol. The van der Waals surface area contributed by atoms with E-state index in [0.717, 1.165) is 17.7 Å². The third-order valence-electron chi connectivity index (χ3n) is 3.98. The fourth-order valence-electron chi connectivity index (χ4n) is 2.57. The molecule has 0 saturated carbocycles. The van der Waals surface area contributed by atoms with Crippen molar-refractivity contribution < 1.29 is 13.9 Å². The maximum Gasteiger partial charge on any atom is 0.257 e. The van der Waals surface area contributed by atoms with Crippen LogP contribution >= 0.6 is 0 Å². The van der Waals surface area contributed by atoms with Crippen LogP contribution in [0.4, 0.5) is 15.8 Å². The van der Waals surface area contributed by atoms with E-state index in [9.17, 15) is 9.18 Å². The summed E-state index contributed by atoms with van der Waals surface area (Å²) in [4.78, 5) is 16.6. The van der Waals surface area contributed by atoms with Crippen LogP contribution < -0.4 is 15.4 Å². The molecule has 0 aliphatic rings. The largest absolute Gasteiger partial charge is 0.497 e. The van der Waals surface area contributed by atoms with Crippen LogP contribution in [-0.2, 0) is 6.42 Å². The van der Waals surface area contributed by atoms with Crippen LogP contribution in [-0.4, -0.2) is 24.5 Å². The molecule has 1 heterocycles. The lowest BCUT2D eigenvalue weighted by molar-refractivity contribution is 0.102. The van der Waals surface area contributed by atoms with Gasteiger partial charge in [-0.3, -0.25) is 9.78 Å². The molecule has 0 bridgehead atoms. The second-order valence-corrected chi connectivity index (χ2v) is 5.95. The molecule has 0 unspecified atom stereocenters. The van der Waals surface area contributed by atoms with Crippen LogP contribution in [0.25, 0.3) is 0 Å². The number of hydrogen-bond donors (Lipinski definition) is 2. The molecule has 0 aliphatic heterocycles. The Morgan fingerprint density at radius 2 is 1.89 bits per heavy atom. The third kappa shape index (κ3) is 5.28. The summed E-state index contributed by atoms with van der Waals surface area (Å²) < 4.78 is 18.1. The van der Waals surface area contributed by atoms with Gasteiger partial charge in [-0.25, -0.2) is 4.39 Å². The van der Waals surface area contributed by atoms with Gasteiger partial charge in [0.25, 0.3) is 5.91 Å². The van der Waals surface area contributed by atoms with Crippen molar-refractivity contribution in [3.8, 4) is 5.75 Å². The van der Waals surface area contributed by atoms with Crippen molar-refractivity contribution in [2.45, 2.75) is 6.42 Å². The molecule has 0 fully saturated rings.